The van der Waals surface area contributed by atoms with Gasteiger partial charge in [-0.15, -0.1) is 0 Å². The second-order valence-corrected chi connectivity index (χ2v) is 9.64. The highest BCUT2D eigenvalue weighted by atomic mass is 32.2. The maximum Gasteiger partial charge on any atom is 0.243 e. The van der Waals surface area contributed by atoms with Crippen molar-refractivity contribution < 1.29 is 4.74 Å². The Hall–Kier alpha value is -2.50. The Bertz CT molecular complexity index is 1060. The summed E-state index contributed by atoms with van der Waals surface area (Å²) in [6.45, 7) is 10.8. The fraction of sp³-hybridized carbons (Fsp3) is 0.292. The van der Waals surface area contributed by atoms with Crippen molar-refractivity contribution >= 4 is 23.1 Å². The first-order valence-corrected chi connectivity index (χ1v) is 10.7. The molecule has 0 aliphatic carbocycles. The molecular weight excluding hydrogens is 378 g/mol. The number of ether oxygens (including phenoxy) is 1. The number of aromatic nitrogens is 1. The highest BCUT2D eigenvalue weighted by Gasteiger charge is 2.33. The van der Waals surface area contributed by atoms with Gasteiger partial charge in [0.1, 0.15) is 16.9 Å². The average Bonchev–Trinajstić information content (AvgIpc) is 2.97. The van der Waals surface area contributed by atoms with E-state index in [1.807, 2.05) is 30.3 Å². The van der Waals surface area contributed by atoms with Gasteiger partial charge in [-0.2, -0.15) is 0 Å². The number of nitrogens with zero attached hydrogens (tertiary/aromatic N) is 2. The summed E-state index contributed by atoms with van der Waals surface area (Å²) in [5.74, 6) is 1.38. The van der Waals surface area contributed by atoms with Gasteiger partial charge >= 0.3 is 0 Å². The van der Waals surface area contributed by atoms with Gasteiger partial charge < -0.3 is 15.4 Å². The summed E-state index contributed by atoms with van der Waals surface area (Å²) >= 11 is 1.67. The predicted octanol–water partition coefficient (Wildman–Crippen LogP) is 6.27. The van der Waals surface area contributed by atoms with Gasteiger partial charge in [-0.1, -0.05) is 56.8 Å². The van der Waals surface area contributed by atoms with Crippen LogP contribution < -0.4 is 15.4 Å². The van der Waals surface area contributed by atoms with Crippen LogP contribution in [0.2, 0.25) is 0 Å². The summed E-state index contributed by atoms with van der Waals surface area (Å²) in [5.41, 5.74) is 11.9. The van der Waals surface area contributed by atoms with Gasteiger partial charge in [0.05, 0.1) is 5.69 Å². The van der Waals surface area contributed by atoms with Gasteiger partial charge in [-0.3, -0.25) is 0 Å². The van der Waals surface area contributed by atoms with Crippen molar-refractivity contribution in [2.24, 2.45) is 5.73 Å². The van der Waals surface area contributed by atoms with Crippen LogP contribution in [-0.2, 0) is 5.41 Å². The van der Waals surface area contributed by atoms with Gasteiger partial charge in [0.25, 0.3) is 0 Å². The molecule has 0 saturated carbocycles. The molecule has 3 aromatic rings. The molecule has 2 heterocycles. The van der Waals surface area contributed by atoms with Crippen LogP contribution in [0.1, 0.15) is 37.5 Å². The summed E-state index contributed by atoms with van der Waals surface area (Å²) in [7, 11) is 0. The summed E-state index contributed by atoms with van der Waals surface area (Å²) in [4.78, 5) is 7.90. The van der Waals surface area contributed by atoms with Crippen molar-refractivity contribution in [3.63, 3.8) is 0 Å². The Balaban J connectivity index is 1.79. The van der Waals surface area contributed by atoms with E-state index in [1.54, 1.807) is 18.0 Å². The zero-order valence-corrected chi connectivity index (χ0v) is 18.4. The van der Waals surface area contributed by atoms with Crippen molar-refractivity contribution in [1.29, 1.82) is 0 Å². The van der Waals surface area contributed by atoms with Gasteiger partial charge in [0.2, 0.25) is 5.88 Å². The lowest BCUT2D eigenvalue weighted by Gasteiger charge is -2.27. The molecule has 150 valence electrons. The molecule has 4 nitrogen and oxygen atoms in total. The number of thioether (sulfide) groups is 1. The topological polar surface area (TPSA) is 51.4 Å². The molecule has 5 heteroatoms. The maximum atomic E-state index is 6.55. The summed E-state index contributed by atoms with van der Waals surface area (Å²) < 4.78 is 6.39. The fourth-order valence-electron chi connectivity index (χ4n) is 3.81. The molecule has 0 amide bonds. The summed E-state index contributed by atoms with van der Waals surface area (Å²) in [6.07, 6.45) is 1.76. The number of nitrogens with two attached hydrogens (primary N) is 1. The van der Waals surface area contributed by atoms with E-state index < -0.39 is 0 Å². The molecule has 0 bridgehead atoms. The first kappa shape index (κ1) is 19.8. The number of fused-ring (bicyclic) bond motifs is 1. The van der Waals surface area contributed by atoms with E-state index >= 15 is 0 Å². The number of anilines is 2. The molecule has 0 saturated heterocycles. The van der Waals surface area contributed by atoms with Gasteiger partial charge in [-0.05, 0) is 54.7 Å². The van der Waals surface area contributed by atoms with Crippen molar-refractivity contribution in [1.82, 2.24) is 4.98 Å². The van der Waals surface area contributed by atoms with Crippen LogP contribution in [0, 0.1) is 13.8 Å². The van der Waals surface area contributed by atoms with Crippen LogP contribution in [0.15, 0.2) is 59.6 Å². The van der Waals surface area contributed by atoms with Crippen LogP contribution in [-0.4, -0.2) is 10.5 Å². The second kappa shape index (κ2) is 7.39. The minimum Gasteiger partial charge on any atom is -0.437 e. The Morgan fingerprint density at radius 1 is 1.07 bits per heavy atom. The van der Waals surface area contributed by atoms with E-state index in [4.69, 9.17) is 10.5 Å². The largest absolute Gasteiger partial charge is 0.437 e. The molecule has 2 aromatic carbocycles. The van der Waals surface area contributed by atoms with Crippen molar-refractivity contribution in [3.05, 3.63) is 71.4 Å². The third-order valence-corrected chi connectivity index (χ3v) is 6.08. The standard InChI is InChI=1S/C24H27N3OS/c1-15-13-16(2)21-20(14-15)29-23(25)27(21)18-10-8-12-26-22(18)28-19-11-7-6-9-17(19)24(3,4)5/h6-14,23H,25H2,1-5H3. The monoisotopic (exact) mass is 405 g/mol. The van der Waals surface area contributed by atoms with E-state index in [-0.39, 0.29) is 10.9 Å². The normalized spacial score (nSPS) is 16.1. The zero-order valence-electron chi connectivity index (χ0n) is 17.6. The predicted molar refractivity (Wildman–Crippen MR) is 121 cm³/mol. The van der Waals surface area contributed by atoms with E-state index in [2.05, 4.69) is 62.7 Å². The second-order valence-electron chi connectivity index (χ2n) is 8.48. The van der Waals surface area contributed by atoms with Crippen molar-refractivity contribution in [2.45, 2.75) is 50.4 Å². The number of para-hydroxylation sites is 1. The van der Waals surface area contributed by atoms with Gasteiger partial charge in [0.15, 0.2) is 0 Å². The number of benzene rings is 2. The third-order valence-electron chi connectivity index (χ3n) is 5.07. The fourth-order valence-corrected chi connectivity index (χ4v) is 5.02. The first-order valence-electron chi connectivity index (χ1n) is 9.81. The molecule has 1 aliphatic rings. The molecular formula is C24H27N3OS. The Morgan fingerprint density at radius 3 is 2.59 bits per heavy atom. The summed E-state index contributed by atoms with van der Waals surface area (Å²) in [6, 6.07) is 16.5. The zero-order chi connectivity index (χ0) is 20.8. The Morgan fingerprint density at radius 2 is 1.83 bits per heavy atom. The smallest absolute Gasteiger partial charge is 0.243 e. The number of pyridine rings is 1. The lowest BCUT2D eigenvalue weighted by molar-refractivity contribution is 0.440. The molecule has 1 aromatic heterocycles. The number of hydrogen-bond acceptors (Lipinski definition) is 5. The first-order chi connectivity index (χ1) is 13.8. The molecule has 0 fully saturated rings. The molecule has 1 unspecified atom stereocenters. The van der Waals surface area contributed by atoms with E-state index in [0.29, 0.717) is 5.88 Å². The van der Waals surface area contributed by atoms with Crippen molar-refractivity contribution in [2.75, 3.05) is 4.90 Å². The highest BCUT2D eigenvalue weighted by Crippen LogP contribution is 2.50. The van der Waals surface area contributed by atoms with Crippen LogP contribution in [0.4, 0.5) is 11.4 Å². The quantitative estimate of drug-likeness (QED) is 0.556. The minimum atomic E-state index is -0.227. The molecule has 0 radical (unpaired) electrons. The van der Waals surface area contributed by atoms with Crippen LogP contribution in [0.3, 0.4) is 0 Å². The number of hydrogen-bond donors (Lipinski definition) is 1. The molecule has 2 N–H and O–H groups in total. The molecule has 1 atom stereocenters. The Kier molecular flexibility index (Phi) is 5.05. The van der Waals surface area contributed by atoms with E-state index in [9.17, 15) is 0 Å². The number of aryl methyl sites for hydroxylation is 2. The maximum absolute atomic E-state index is 6.55. The van der Waals surface area contributed by atoms with E-state index in [1.165, 1.54) is 16.0 Å². The lowest BCUT2D eigenvalue weighted by Crippen LogP contribution is -2.32. The SMILES string of the molecule is Cc1cc(C)c2c(c1)SC(N)N2c1cccnc1Oc1ccccc1C(C)(C)C. The van der Waals surface area contributed by atoms with Crippen molar-refractivity contribution in [3.8, 4) is 11.6 Å². The highest BCUT2D eigenvalue weighted by molar-refractivity contribution is 8.00. The Labute approximate surface area is 177 Å². The van der Waals surface area contributed by atoms with E-state index in [0.717, 1.165) is 22.7 Å². The van der Waals surface area contributed by atoms with Gasteiger partial charge in [-0.25, -0.2) is 4.98 Å². The summed E-state index contributed by atoms with van der Waals surface area (Å²) in [5, 5.41) is 0. The molecule has 0 spiro atoms. The van der Waals surface area contributed by atoms with Crippen LogP contribution in [0.25, 0.3) is 0 Å². The minimum absolute atomic E-state index is 0.0356. The molecule has 4 rings (SSSR count). The molecule has 29 heavy (non-hydrogen) atoms. The van der Waals surface area contributed by atoms with Crippen LogP contribution in [0.5, 0.6) is 11.6 Å². The van der Waals surface area contributed by atoms with Crippen LogP contribution >= 0.6 is 11.8 Å². The van der Waals surface area contributed by atoms with Gasteiger partial charge in [0, 0.05) is 16.7 Å². The third kappa shape index (κ3) is 3.72. The molecule has 1 aliphatic heterocycles. The average molecular weight is 406 g/mol. The lowest BCUT2D eigenvalue weighted by atomic mass is 9.86. The number of rotatable bonds is 3.